The minimum atomic E-state index is -0.340. The molecule has 150 valence electrons. The molecule has 0 aliphatic carbocycles. The van der Waals surface area contributed by atoms with E-state index in [0.717, 1.165) is 22.9 Å². The third-order valence-electron chi connectivity index (χ3n) is 4.55. The molecule has 29 heavy (non-hydrogen) atoms. The molecule has 0 unspecified atom stereocenters. The Bertz CT molecular complexity index is 1090. The van der Waals surface area contributed by atoms with E-state index in [0.29, 0.717) is 41.1 Å². The lowest BCUT2D eigenvalue weighted by Crippen LogP contribution is -2.24. The highest BCUT2D eigenvalue weighted by atomic mass is 35.5. The topological polar surface area (TPSA) is 92.5 Å². The van der Waals surface area contributed by atoms with Crippen LogP contribution in [-0.2, 0) is 11.3 Å². The van der Waals surface area contributed by atoms with E-state index in [1.54, 1.807) is 6.07 Å². The monoisotopic (exact) mass is 413 g/mol. The van der Waals surface area contributed by atoms with E-state index in [2.05, 4.69) is 15.6 Å². The Morgan fingerprint density at radius 3 is 2.79 bits per heavy atom. The third kappa shape index (κ3) is 4.00. The van der Waals surface area contributed by atoms with Crippen LogP contribution in [-0.4, -0.2) is 30.0 Å². The highest BCUT2D eigenvalue weighted by Crippen LogP contribution is 2.38. The van der Waals surface area contributed by atoms with E-state index >= 15 is 0 Å². The molecule has 0 bridgehead atoms. The second-order valence-electron chi connectivity index (χ2n) is 6.74. The van der Waals surface area contributed by atoms with Crippen LogP contribution >= 0.6 is 11.6 Å². The second-order valence-corrected chi connectivity index (χ2v) is 7.15. The fraction of sp³-hybridized carbons (Fsp3) is 0.238. The van der Waals surface area contributed by atoms with Crippen LogP contribution in [0.2, 0.25) is 5.02 Å². The van der Waals surface area contributed by atoms with Crippen LogP contribution < -0.4 is 20.1 Å². The maximum absolute atomic E-state index is 12.8. The van der Waals surface area contributed by atoms with Crippen molar-refractivity contribution in [3.63, 3.8) is 0 Å². The zero-order valence-corrected chi connectivity index (χ0v) is 16.6. The first kappa shape index (κ1) is 19.1. The summed E-state index contributed by atoms with van der Waals surface area (Å²) in [5.41, 5.74) is 2.30. The number of para-hydroxylation sites is 1. The molecule has 2 aromatic carbocycles. The number of aromatic amines is 1. The van der Waals surface area contributed by atoms with Crippen LogP contribution in [0.3, 0.4) is 0 Å². The average molecular weight is 414 g/mol. The first-order chi connectivity index (χ1) is 14.0. The molecule has 0 saturated carbocycles. The molecule has 7 nitrogen and oxygen atoms in total. The number of fused-ring (bicyclic) bond motifs is 2. The number of carbonyl (C=O) groups is 2. The predicted molar refractivity (Wildman–Crippen MR) is 111 cm³/mol. The largest absolute Gasteiger partial charge is 0.489 e. The smallest absolute Gasteiger partial charge is 0.270 e. The molecule has 3 aromatic rings. The molecular formula is C21H20ClN3O4. The summed E-state index contributed by atoms with van der Waals surface area (Å²) in [6, 6.07) is 11.0. The summed E-state index contributed by atoms with van der Waals surface area (Å²) in [6.45, 7) is 2.75. The van der Waals surface area contributed by atoms with Crippen LogP contribution in [0.4, 0.5) is 5.69 Å². The summed E-state index contributed by atoms with van der Waals surface area (Å²) in [5.74, 6) is 0.512. The van der Waals surface area contributed by atoms with Crippen molar-refractivity contribution in [1.29, 1.82) is 0 Å². The average Bonchev–Trinajstić information content (AvgIpc) is 2.88. The van der Waals surface area contributed by atoms with Crippen LogP contribution in [0, 0.1) is 0 Å². The lowest BCUT2D eigenvalue weighted by Gasteiger charge is -2.12. The molecule has 0 radical (unpaired) electrons. The lowest BCUT2D eigenvalue weighted by atomic mass is 10.2. The molecular weight excluding hydrogens is 394 g/mol. The van der Waals surface area contributed by atoms with Crippen LogP contribution in [0.25, 0.3) is 10.9 Å². The molecule has 0 spiro atoms. The number of hydrogen-bond acceptors (Lipinski definition) is 4. The van der Waals surface area contributed by atoms with Crippen molar-refractivity contribution in [2.45, 2.75) is 19.9 Å². The van der Waals surface area contributed by atoms with Crippen molar-refractivity contribution in [2.24, 2.45) is 0 Å². The Morgan fingerprint density at radius 2 is 1.97 bits per heavy atom. The number of hydrogen-bond donors (Lipinski definition) is 3. The van der Waals surface area contributed by atoms with Gasteiger partial charge in [0.05, 0.1) is 23.9 Å². The maximum atomic E-state index is 12.8. The SMILES string of the molecule is CC(=O)Nc1c(C(=O)NCc2cc(Cl)c3c(c2)OCCCO3)[nH]c2ccccc12. The number of halogens is 1. The predicted octanol–water partition coefficient (Wildman–Crippen LogP) is 3.87. The fourth-order valence-corrected chi connectivity index (χ4v) is 3.56. The Hall–Kier alpha value is -3.19. The number of anilines is 1. The van der Waals surface area contributed by atoms with Crippen molar-refractivity contribution in [2.75, 3.05) is 18.5 Å². The van der Waals surface area contributed by atoms with Crippen LogP contribution in [0.15, 0.2) is 36.4 Å². The van der Waals surface area contributed by atoms with Gasteiger partial charge in [0.1, 0.15) is 5.69 Å². The molecule has 2 amide bonds. The number of rotatable bonds is 4. The fourth-order valence-electron chi connectivity index (χ4n) is 3.28. The minimum absolute atomic E-state index is 0.240. The van der Waals surface area contributed by atoms with Gasteiger partial charge < -0.3 is 25.1 Å². The highest BCUT2D eigenvalue weighted by molar-refractivity contribution is 6.32. The standard InChI is InChI=1S/C21H20ClN3O4/c1-12(26)24-18-14-5-2-3-6-16(14)25-19(18)21(27)23-11-13-9-15(22)20-17(10-13)28-7-4-8-29-20/h2-3,5-6,9-10,25H,4,7-8,11H2,1H3,(H,23,27)(H,24,26). The number of carbonyl (C=O) groups excluding carboxylic acids is 2. The molecule has 2 heterocycles. The molecule has 1 aliphatic heterocycles. The van der Waals surface area contributed by atoms with Crippen molar-refractivity contribution < 1.29 is 19.1 Å². The van der Waals surface area contributed by atoms with E-state index in [-0.39, 0.29) is 18.4 Å². The van der Waals surface area contributed by atoms with Gasteiger partial charge in [0.2, 0.25) is 5.91 Å². The van der Waals surface area contributed by atoms with Gasteiger partial charge in [-0.15, -0.1) is 0 Å². The zero-order valence-electron chi connectivity index (χ0n) is 15.8. The van der Waals surface area contributed by atoms with Crippen LogP contribution in [0.5, 0.6) is 11.5 Å². The summed E-state index contributed by atoms with van der Waals surface area (Å²) in [4.78, 5) is 27.5. The Morgan fingerprint density at radius 1 is 1.17 bits per heavy atom. The van der Waals surface area contributed by atoms with E-state index < -0.39 is 0 Å². The van der Waals surface area contributed by atoms with E-state index in [4.69, 9.17) is 21.1 Å². The van der Waals surface area contributed by atoms with E-state index in [9.17, 15) is 9.59 Å². The van der Waals surface area contributed by atoms with Gasteiger partial charge in [0.25, 0.3) is 5.91 Å². The number of amides is 2. The lowest BCUT2D eigenvalue weighted by molar-refractivity contribution is -0.114. The van der Waals surface area contributed by atoms with Gasteiger partial charge in [-0.05, 0) is 23.8 Å². The molecule has 0 saturated heterocycles. The molecule has 1 aromatic heterocycles. The normalized spacial score (nSPS) is 13.0. The van der Waals surface area contributed by atoms with Gasteiger partial charge in [0, 0.05) is 30.8 Å². The summed E-state index contributed by atoms with van der Waals surface area (Å²) < 4.78 is 11.3. The van der Waals surface area contributed by atoms with Gasteiger partial charge in [0.15, 0.2) is 11.5 Å². The summed E-state index contributed by atoms with van der Waals surface area (Å²) in [7, 11) is 0. The highest BCUT2D eigenvalue weighted by Gasteiger charge is 2.20. The summed E-state index contributed by atoms with van der Waals surface area (Å²) in [5, 5.41) is 6.82. The van der Waals surface area contributed by atoms with Gasteiger partial charge in [-0.1, -0.05) is 29.8 Å². The number of H-pyrrole nitrogens is 1. The van der Waals surface area contributed by atoms with Crippen molar-refractivity contribution in [1.82, 2.24) is 10.3 Å². The molecule has 1 aliphatic rings. The quantitative estimate of drug-likeness (QED) is 0.605. The number of benzene rings is 2. The number of nitrogens with one attached hydrogen (secondary N) is 3. The van der Waals surface area contributed by atoms with Gasteiger partial charge in [-0.3, -0.25) is 9.59 Å². The van der Waals surface area contributed by atoms with Crippen LogP contribution in [0.1, 0.15) is 29.4 Å². The Labute approximate surface area is 172 Å². The van der Waals surface area contributed by atoms with Gasteiger partial charge >= 0.3 is 0 Å². The van der Waals surface area contributed by atoms with Crippen molar-refractivity contribution >= 4 is 40.0 Å². The maximum Gasteiger partial charge on any atom is 0.270 e. The number of ether oxygens (including phenoxy) is 2. The molecule has 0 fully saturated rings. The van der Waals surface area contributed by atoms with E-state index in [1.165, 1.54) is 6.92 Å². The summed E-state index contributed by atoms with van der Waals surface area (Å²) >= 11 is 6.32. The molecule has 8 heteroatoms. The van der Waals surface area contributed by atoms with Crippen molar-refractivity contribution in [3.05, 3.63) is 52.7 Å². The van der Waals surface area contributed by atoms with Crippen molar-refractivity contribution in [3.8, 4) is 11.5 Å². The number of aromatic nitrogens is 1. The van der Waals surface area contributed by atoms with E-state index in [1.807, 2.05) is 30.3 Å². The Kier molecular flexibility index (Phi) is 5.31. The third-order valence-corrected chi connectivity index (χ3v) is 4.83. The molecule has 0 atom stereocenters. The first-order valence-corrected chi connectivity index (χ1v) is 9.65. The van der Waals surface area contributed by atoms with Gasteiger partial charge in [-0.2, -0.15) is 0 Å². The molecule has 3 N–H and O–H groups in total. The molecule has 4 rings (SSSR count). The summed E-state index contributed by atoms with van der Waals surface area (Å²) in [6.07, 6.45) is 0.781. The first-order valence-electron chi connectivity index (χ1n) is 9.27. The zero-order chi connectivity index (χ0) is 20.4. The second kappa shape index (κ2) is 8.05. The van der Waals surface area contributed by atoms with Gasteiger partial charge in [-0.25, -0.2) is 0 Å². The Balaban J connectivity index is 1.57. The minimum Gasteiger partial charge on any atom is -0.489 e.